The Morgan fingerprint density at radius 3 is 2.77 bits per heavy atom. The molecule has 22 heavy (non-hydrogen) atoms. The number of hydrogen-bond acceptors (Lipinski definition) is 5. The molecule has 0 spiro atoms. The quantitative estimate of drug-likeness (QED) is 0.889. The molecule has 3 rings (SSSR count). The predicted molar refractivity (Wildman–Crippen MR) is 82.7 cm³/mol. The highest BCUT2D eigenvalue weighted by atomic mass is 16.2. The van der Waals surface area contributed by atoms with Crippen LogP contribution in [0.4, 0.5) is 5.95 Å². The maximum atomic E-state index is 12.2. The summed E-state index contributed by atoms with van der Waals surface area (Å²) in [5, 5.41) is 10.1. The first-order valence-corrected chi connectivity index (χ1v) is 7.45. The SMILES string of the molecule is Cc1cnc(N2CCc3[nH]nc(C(=O)NC(C)C)c3C2)nc1. The maximum Gasteiger partial charge on any atom is 0.272 e. The average Bonchev–Trinajstić information content (AvgIpc) is 2.90. The standard InChI is InChI=1S/C15H20N6O/c1-9(2)18-14(22)13-11-8-21(5-4-12(11)19-20-13)15-16-6-10(3)7-17-15/h6-7,9H,4-5,8H2,1-3H3,(H,18,22)(H,19,20). The molecule has 0 saturated heterocycles. The fourth-order valence-corrected chi connectivity index (χ4v) is 2.53. The summed E-state index contributed by atoms with van der Waals surface area (Å²) in [5.41, 5.74) is 3.47. The van der Waals surface area contributed by atoms with Crippen LogP contribution in [0, 0.1) is 6.92 Å². The third-order valence-corrected chi connectivity index (χ3v) is 3.62. The molecule has 0 unspecified atom stereocenters. The van der Waals surface area contributed by atoms with Gasteiger partial charge in [-0.05, 0) is 26.3 Å². The topological polar surface area (TPSA) is 86.8 Å². The zero-order valence-electron chi connectivity index (χ0n) is 13.1. The van der Waals surface area contributed by atoms with E-state index in [1.807, 2.05) is 20.8 Å². The van der Waals surface area contributed by atoms with E-state index in [2.05, 4.69) is 30.4 Å². The molecule has 116 valence electrons. The first kappa shape index (κ1) is 14.5. The van der Waals surface area contributed by atoms with Crippen LogP contribution in [0.25, 0.3) is 0 Å². The Morgan fingerprint density at radius 2 is 2.09 bits per heavy atom. The molecule has 0 saturated carbocycles. The molecule has 1 amide bonds. The molecule has 2 aromatic rings. The van der Waals surface area contributed by atoms with E-state index in [9.17, 15) is 4.79 Å². The van der Waals surface area contributed by atoms with E-state index in [0.717, 1.165) is 29.8 Å². The van der Waals surface area contributed by atoms with Gasteiger partial charge in [0.25, 0.3) is 5.91 Å². The highest BCUT2D eigenvalue weighted by molar-refractivity contribution is 5.94. The average molecular weight is 300 g/mol. The van der Waals surface area contributed by atoms with Crippen molar-refractivity contribution in [1.82, 2.24) is 25.5 Å². The first-order valence-electron chi connectivity index (χ1n) is 7.45. The van der Waals surface area contributed by atoms with Gasteiger partial charge in [0.1, 0.15) is 0 Å². The zero-order chi connectivity index (χ0) is 15.7. The number of fused-ring (bicyclic) bond motifs is 1. The zero-order valence-corrected chi connectivity index (χ0v) is 13.1. The number of amides is 1. The van der Waals surface area contributed by atoms with Crippen LogP contribution in [0.1, 0.15) is 41.2 Å². The van der Waals surface area contributed by atoms with E-state index in [1.165, 1.54) is 0 Å². The molecule has 2 N–H and O–H groups in total. The van der Waals surface area contributed by atoms with Gasteiger partial charge in [-0.2, -0.15) is 5.10 Å². The summed E-state index contributed by atoms with van der Waals surface area (Å²) in [5.74, 6) is 0.548. The van der Waals surface area contributed by atoms with Crippen molar-refractivity contribution >= 4 is 11.9 Å². The number of hydrogen-bond donors (Lipinski definition) is 2. The molecule has 0 radical (unpaired) electrons. The van der Waals surface area contributed by atoms with Crippen LogP contribution in [0.2, 0.25) is 0 Å². The van der Waals surface area contributed by atoms with Gasteiger partial charge >= 0.3 is 0 Å². The summed E-state index contributed by atoms with van der Waals surface area (Å²) in [6.07, 6.45) is 4.41. The molecule has 7 nitrogen and oxygen atoms in total. The summed E-state index contributed by atoms with van der Waals surface area (Å²) < 4.78 is 0. The highest BCUT2D eigenvalue weighted by Crippen LogP contribution is 2.23. The van der Waals surface area contributed by atoms with Crippen LogP contribution in [0.3, 0.4) is 0 Å². The molecule has 2 aromatic heterocycles. The lowest BCUT2D eigenvalue weighted by molar-refractivity contribution is 0.0937. The molecule has 1 aliphatic rings. The minimum Gasteiger partial charge on any atom is -0.348 e. The molecule has 0 aromatic carbocycles. The molecule has 0 fully saturated rings. The normalized spacial score (nSPS) is 14.1. The van der Waals surface area contributed by atoms with Crippen LogP contribution >= 0.6 is 0 Å². The number of nitrogens with zero attached hydrogens (tertiary/aromatic N) is 4. The van der Waals surface area contributed by atoms with Crippen LogP contribution in [-0.4, -0.2) is 38.7 Å². The van der Waals surface area contributed by atoms with Gasteiger partial charge in [-0.1, -0.05) is 0 Å². The molecule has 3 heterocycles. The number of aromatic nitrogens is 4. The summed E-state index contributed by atoms with van der Waals surface area (Å²) >= 11 is 0. The van der Waals surface area contributed by atoms with E-state index in [-0.39, 0.29) is 11.9 Å². The summed E-state index contributed by atoms with van der Waals surface area (Å²) in [6.45, 7) is 7.23. The van der Waals surface area contributed by atoms with E-state index in [0.29, 0.717) is 18.2 Å². The van der Waals surface area contributed by atoms with Gasteiger partial charge in [-0.3, -0.25) is 9.89 Å². The number of aromatic amines is 1. The molecular formula is C15H20N6O. The first-order chi connectivity index (χ1) is 10.5. The molecule has 1 aliphatic heterocycles. The van der Waals surface area contributed by atoms with Crippen LogP contribution in [-0.2, 0) is 13.0 Å². The van der Waals surface area contributed by atoms with Crippen LogP contribution in [0.5, 0.6) is 0 Å². The molecule has 0 bridgehead atoms. The van der Waals surface area contributed by atoms with E-state index in [1.54, 1.807) is 12.4 Å². The monoisotopic (exact) mass is 300 g/mol. The van der Waals surface area contributed by atoms with Gasteiger partial charge in [0.2, 0.25) is 5.95 Å². The lowest BCUT2D eigenvalue weighted by Crippen LogP contribution is -2.35. The molecule has 0 atom stereocenters. The molecule has 0 aliphatic carbocycles. The highest BCUT2D eigenvalue weighted by Gasteiger charge is 2.26. The van der Waals surface area contributed by atoms with Gasteiger partial charge in [0.15, 0.2) is 5.69 Å². The van der Waals surface area contributed by atoms with Crippen LogP contribution in [0.15, 0.2) is 12.4 Å². The number of rotatable bonds is 3. The van der Waals surface area contributed by atoms with Gasteiger partial charge in [-0.15, -0.1) is 0 Å². The fraction of sp³-hybridized carbons (Fsp3) is 0.467. The second-order valence-electron chi connectivity index (χ2n) is 5.89. The van der Waals surface area contributed by atoms with Crippen LogP contribution < -0.4 is 10.2 Å². The lowest BCUT2D eigenvalue weighted by atomic mass is 10.1. The molecular weight excluding hydrogens is 280 g/mol. The fourth-order valence-electron chi connectivity index (χ4n) is 2.53. The number of carbonyl (C=O) groups excluding carboxylic acids is 1. The maximum absolute atomic E-state index is 12.2. The third kappa shape index (κ3) is 2.79. The minimum atomic E-state index is -0.140. The van der Waals surface area contributed by atoms with Crippen molar-refractivity contribution < 1.29 is 4.79 Å². The van der Waals surface area contributed by atoms with Crippen molar-refractivity contribution in [2.24, 2.45) is 0 Å². The van der Waals surface area contributed by atoms with Crippen molar-refractivity contribution in [2.75, 3.05) is 11.4 Å². The number of H-pyrrole nitrogens is 1. The lowest BCUT2D eigenvalue weighted by Gasteiger charge is -2.27. The Bertz CT molecular complexity index is 676. The Balaban J connectivity index is 1.84. The third-order valence-electron chi connectivity index (χ3n) is 3.62. The van der Waals surface area contributed by atoms with Crippen molar-refractivity contribution in [3.63, 3.8) is 0 Å². The predicted octanol–water partition coefficient (Wildman–Crippen LogP) is 1.21. The summed E-state index contributed by atoms with van der Waals surface area (Å²) in [4.78, 5) is 23.0. The van der Waals surface area contributed by atoms with Crippen molar-refractivity contribution in [3.8, 4) is 0 Å². The van der Waals surface area contributed by atoms with Crippen molar-refractivity contribution in [2.45, 2.75) is 39.8 Å². The van der Waals surface area contributed by atoms with E-state index < -0.39 is 0 Å². The van der Waals surface area contributed by atoms with Crippen molar-refractivity contribution in [3.05, 3.63) is 34.9 Å². The Labute approximate surface area is 129 Å². The summed E-state index contributed by atoms with van der Waals surface area (Å²) in [6, 6.07) is 0.0833. The van der Waals surface area contributed by atoms with Gasteiger partial charge < -0.3 is 10.2 Å². The Morgan fingerprint density at radius 1 is 1.36 bits per heavy atom. The molecule has 7 heteroatoms. The van der Waals surface area contributed by atoms with E-state index in [4.69, 9.17) is 0 Å². The number of anilines is 1. The largest absolute Gasteiger partial charge is 0.348 e. The number of aryl methyl sites for hydroxylation is 1. The second kappa shape index (κ2) is 5.75. The van der Waals surface area contributed by atoms with E-state index >= 15 is 0 Å². The smallest absolute Gasteiger partial charge is 0.272 e. The van der Waals surface area contributed by atoms with Gasteiger partial charge in [0.05, 0.1) is 6.54 Å². The van der Waals surface area contributed by atoms with Crippen molar-refractivity contribution in [1.29, 1.82) is 0 Å². The van der Waals surface area contributed by atoms with Gasteiger partial charge in [-0.25, -0.2) is 9.97 Å². The minimum absolute atomic E-state index is 0.0833. The summed E-state index contributed by atoms with van der Waals surface area (Å²) in [7, 11) is 0. The number of carbonyl (C=O) groups is 1. The Kier molecular flexibility index (Phi) is 3.79. The second-order valence-corrected chi connectivity index (χ2v) is 5.89. The van der Waals surface area contributed by atoms with Gasteiger partial charge in [0, 0.05) is 42.7 Å². The Hall–Kier alpha value is -2.44. The number of nitrogens with one attached hydrogen (secondary N) is 2.